The summed E-state index contributed by atoms with van der Waals surface area (Å²) in [7, 11) is 0. The third kappa shape index (κ3) is 3.42. The van der Waals surface area contributed by atoms with Crippen LogP contribution < -0.4 is 0 Å². The number of fused-ring (bicyclic) bond motifs is 5. The summed E-state index contributed by atoms with van der Waals surface area (Å²) in [6, 6.07) is 5.37. The fourth-order valence-electron chi connectivity index (χ4n) is 8.59. The molecule has 3 nitrogen and oxygen atoms in total. The zero-order valence-electron chi connectivity index (χ0n) is 19.1. The van der Waals surface area contributed by atoms with E-state index in [4.69, 9.17) is 0 Å². The highest BCUT2D eigenvalue weighted by Gasteiger charge is 2.64. The summed E-state index contributed by atoms with van der Waals surface area (Å²) in [4.78, 5) is 4.66. The van der Waals surface area contributed by atoms with Crippen molar-refractivity contribution in [1.29, 1.82) is 0 Å². The number of aliphatic imine (C=N–C) groups is 1. The molecule has 0 unspecified atom stereocenters. The van der Waals surface area contributed by atoms with Crippen LogP contribution in [0, 0.1) is 34.5 Å². The van der Waals surface area contributed by atoms with E-state index in [1.807, 2.05) is 12.1 Å². The maximum absolute atomic E-state index is 11.8. The van der Waals surface area contributed by atoms with Crippen LogP contribution in [0.4, 0.5) is 0 Å². The predicted octanol–water partition coefficient (Wildman–Crippen LogP) is 6.74. The van der Waals surface area contributed by atoms with E-state index in [9.17, 15) is 10.2 Å². The highest BCUT2D eigenvalue weighted by atomic mass is 79.9. The van der Waals surface area contributed by atoms with Gasteiger partial charge in [-0.05, 0) is 98.7 Å². The Morgan fingerprint density at radius 2 is 1.84 bits per heavy atom. The third-order valence-corrected chi connectivity index (χ3v) is 11.0. The minimum atomic E-state index is -0.731. The van der Waals surface area contributed by atoms with Gasteiger partial charge in [-0.2, -0.15) is 0 Å². The fraction of sp³-hybridized carbons (Fsp3) is 0.741. The van der Waals surface area contributed by atoms with Crippen molar-refractivity contribution < 1.29 is 10.2 Å². The number of halogens is 1. The van der Waals surface area contributed by atoms with E-state index in [0.717, 1.165) is 41.5 Å². The van der Waals surface area contributed by atoms with Crippen LogP contribution >= 0.6 is 15.9 Å². The van der Waals surface area contributed by atoms with Gasteiger partial charge >= 0.3 is 0 Å². The number of phenols is 1. The Bertz CT molecular complexity index is 871. The first kappa shape index (κ1) is 21.9. The van der Waals surface area contributed by atoms with Crippen molar-refractivity contribution in [3.8, 4) is 5.75 Å². The van der Waals surface area contributed by atoms with E-state index >= 15 is 0 Å². The van der Waals surface area contributed by atoms with Crippen molar-refractivity contribution >= 4 is 22.1 Å². The minimum Gasteiger partial charge on any atom is -0.507 e. The van der Waals surface area contributed by atoms with Gasteiger partial charge in [-0.1, -0.05) is 42.6 Å². The molecule has 4 fully saturated rings. The molecule has 4 saturated carbocycles. The molecule has 0 spiro atoms. The number of hydrogen-bond donors (Lipinski definition) is 2. The van der Waals surface area contributed by atoms with Gasteiger partial charge in [0, 0.05) is 21.7 Å². The Kier molecular flexibility index (Phi) is 5.57. The van der Waals surface area contributed by atoms with E-state index in [0.29, 0.717) is 23.4 Å². The molecule has 4 heteroatoms. The van der Waals surface area contributed by atoms with Crippen LogP contribution in [0.3, 0.4) is 0 Å². The Morgan fingerprint density at radius 1 is 1.03 bits per heavy atom. The van der Waals surface area contributed by atoms with Crippen LogP contribution in [-0.2, 0) is 0 Å². The number of benzene rings is 1. The van der Waals surface area contributed by atoms with Crippen molar-refractivity contribution in [1.82, 2.24) is 0 Å². The maximum Gasteiger partial charge on any atom is 0.124 e. The van der Waals surface area contributed by atoms with Crippen LogP contribution in [0.25, 0.3) is 0 Å². The van der Waals surface area contributed by atoms with Gasteiger partial charge < -0.3 is 10.2 Å². The van der Waals surface area contributed by atoms with Gasteiger partial charge in [0.15, 0.2) is 0 Å². The molecule has 0 amide bonds. The lowest BCUT2D eigenvalue weighted by atomic mass is 9.44. The van der Waals surface area contributed by atoms with Crippen LogP contribution in [0.15, 0.2) is 27.7 Å². The zero-order valence-corrected chi connectivity index (χ0v) is 20.7. The molecule has 0 radical (unpaired) electrons. The molecule has 4 aliphatic carbocycles. The second-order valence-electron chi connectivity index (χ2n) is 11.6. The molecule has 0 aliphatic heterocycles. The molecule has 0 saturated heterocycles. The van der Waals surface area contributed by atoms with Gasteiger partial charge in [0.2, 0.25) is 0 Å². The molecule has 1 aromatic rings. The van der Waals surface area contributed by atoms with E-state index in [2.05, 4.69) is 34.8 Å². The van der Waals surface area contributed by atoms with E-state index in [1.165, 1.54) is 44.9 Å². The number of nitrogens with zero attached hydrogens (tertiary/aromatic N) is 1. The highest BCUT2D eigenvalue weighted by Crippen LogP contribution is 2.68. The number of phenolic OH excluding ortho intramolecular Hbond substituents is 1. The average molecular weight is 489 g/mol. The molecule has 4 aliphatic rings. The largest absolute Gasteiger partial charge is 0.507 e. The second-order valence-corrected chi connectivity index (χ2v) is 12.5. The smallest absolute Gasteiger partial charge is 0.124 e. The molecule has 0 heterocycles. The molecule has 170 valence electrons. The third-order valence-electron chi connectivity index (χ3n) is 10.5. The van der Waals surface area contributed by atoms with Gasteiger partial charge in [-0.25, -0.2) is 0 Å². The lowest BCUT2D eigenvalue weighted by Gasteiger charge is -2.61. The Hall–Kier alpha value is -0.870. The average Bonchev–Trinajstić information content (AvgIpc) is 3.01. The number of rotatable bonds is 3. The zero-order chi connectivity index (χ0) is 21.9. The number of aliphatic hydroxyl groups is 1. The van der Waals surface area contributed by atoms with Crippen molar-refractivity contribution in [2.24, 2.45) is 39.5 Å². The summed E-state index contributed by atoms with van der Waals surface area (Å²) in [5, 5.41) is 22.0. The Morgan fingerprint density at radius 3 is 2.68 bits per heavy atom. The van der Waals surface area contributed by atoms with Crippen LogP contribution in [-0.4, -0.2) is 28.6 Å². The molecule has 7 atom stereocenters. The molecule has 0 aromatic heterocycles. The predicted molar refractivity (Wildman–Crippen MR) is 130 cm³/mol. The van der Waals surface area contributed by atoms with Gasteiger partial charge in [0.25, 0.3) is 0 Å². The normalized spacial score (nSPS) is 44.6. The monoisotopic (exact) mass is 487 g/mol. The van der Waals surface area contributed by atoms with E-state index in [1.54, 1.807) is 12.3 Å². The van der Waals surface area contributed by atoms with E-state index in [-0.39, 0.29) is 11.2 Å². The van der Waals surface area contributed by atoms with Crippen molar-refractivity contribution in [2.75, 3.05) is 6.54 Å². The summed E-state index contributed by atoms with van der Waals surface area (Å²) in [6.07, 6.45) is 14.7. The topological polar surface area (TPSA) is 52.8 Å². The molecule has 31 heavy (non-hydrogen) atoms. The quantitative estimate of drug-likeness (QED) is 0.463. The first-order valence-electron chi connectivity index (χ1n) is 12.5. The standard InChI is InChI=1S/C27H38BrNO2/c1-25-12-4-3-5-19(25)6-8-21-22(25)10-13-26(2)23(21)11-14-27(26,31)17-29-16-18-15-20(28)7-9-24(18)30/h7,9,15-16,19,21-23,30-31H,3-6,8,10-14,17H2,1-2H3/t19-,21-,22+,23-,25+,26+,27+/m1/s1. The van der Waals surface area contributed by atoms with Crippen LogP contribution in [0.5, 0.6) is 5.75 Å². The number of hydrogen-bond acceptors (Lipinski definition) is 3. The maximum atomic E-state index is 11.8. The van der Waals surface area contributed by atoms with Gasteiger partial charge in [0.1, 0.15) is 5.75 Å². The fourth-order valence-corrected chi connectivity index (χ4v) is 8.97. The first-order valence-corrected chi connectivity index (χ1v) is 13.3. The summed E-state index contributed by atoms with van der Waals surface area (Å²) in [5.41, 5.74) is 0.470. The van der Waals surface area contributed by atoms with Gasteiger partial charge in [-0.3, -0.25) is 4.99 Å². The molecule has 2 N–H and O–H groups in total. The molecule has 5 rings (SSSR count). The Labute approximate surface area is 195 Å². The second kappa shape index (κ2) is 7.87. The lowest BCUT2D eigenvalue weighted by molar-refractivity contribution is -0.147. The van der Waals surface area contributed by atoms with Crippen molar-refractivity contribution in [2.45, 2.75) is 83.7 Å². The first-order chi connectivity index (χ1) is 14.8. The summed E-state index contributed by atoms with van der Waals surface area (Å²) >= 11 is 3.46. The SMILES string of the molecule is C[C@]12CCCC[C@@H]1CC[C@H]1[C@H]3CC[C@](O)(CN=Cc4cc(Br)ccc4O)[C@@]3(C)CC[C@@H]12. The van der Waals surface area contributed by atoms with Gasteiger partial charge in [0.05, 0.1) is 12.1 Å². The minimum absolute atomic E-state index is 0.0390. The van der Waals surface area contributed by atoms with Crippen molar-refractivity contribution in [3.63, 3.8) is 0 Å². The summed E-state index contributed by atoms with van der Waals surface area (Å²) < 4.78 is 0.920. The molecular weight excluding hydrogens is 450 g/mol. The van der Waals surface area contributed by atoms with Crippen LogP contribution in [0.2, 0.25) is 0 Å². The van der Waals surface area contributed by atoms with E-state index < -0.39 is 5.60 Å². The summed E-state index contributed by atoms with van der Waals surface area (Å²) in [6.45, 7) is 5.41. The highest BCUT2D eigenvalue weighted by molar-refractivity contribution is 9.10. The van der Waals surface area contributed by atoms with Crippen LogP contribution in [0.1, 0.15) is 83.6 Å². The van der Waals surface area contributed by atoms with Crippen molar-refractivity contribution in [3.05, 3.63) is 28.2 Å². The summed E-state index contributed by atoms with van der Waals surface area (Å²) in [5.74, 6) is 3.44. The lowest BCUT2D eigenvalue weighted by Crippen LogP contribution is -2.56. The molecular formula is C27H38BrNO2. The molecule has 1 aromatic carbocycles. The number of aromatic hydroxyl groups is 1. The Balaban J connectivity index is 1.35. The molecule has 0 bridgehead atoms. The van der Waals surface area contributed by atoms with Gasteiger partial charge in [-0.15, -0.1) is 0 Å².